The number of benzene rings is 1. The minimum Gasteiger partial charge on any atom is -0.366 e. The molecule has 0 aliphatic carbocycles. The van der Waals surface area contributed by atoms with Gasteiger partial charge in [-0.1, -0.05) is 12.1 Å². The first kappa shape index (κ1) is 16.6. The van der Waals surface area contributed by atoms with E-state index < -0.39 is 11.7 Å². The molecular formula is C16H13F3N6. The number of hydrogen-bond donors (Lipinski definition) is 2. The molecule has 25 heavy (non-hydrogen) atoms. The van der Waals surface area contributed by atoms with Gasteiger partial charge in [-0.05, 0) is 29.8 Å². The second-order valence-corrected chi connectivity index (χ2v) is 5.01. The Kier molecular flexibility index (Phi) is 4.73. The van der Waals surface area contributed by atoms with Crippen molar-refractivity contribution >= 4 is 17.7 Å². The van der Waals surface area contributed by atoms with Crippen molar-refractivity contribution in [2.45, 2.75) is 12.7 Å². The topological polar surface area (TPSA) is 75.6 Å². The van der Waals surface area contributed by atoms with Crippen molar-refractivity contribution in [2.24, 2.45) is 0 Å². The quantitative estimate of drug-likeness (QED) is 0.735. The van der Waals surface area contributed by atoms with E-state index in [1.165, 1.54) is 12.3 Å². The van der Waals surface area contributed by atoms with Crippen LogP contribution in [0.2, 0.25) is 0 Å². The summed E-state index contributed by atoms with van der Waals surface area (Å²) in [6.07, 6.45) is 0.306. The zero-order valence-electron chi connectivity index (χ0n) is 12.8. The molecule has 2 heterocycles. The van der Waals surface area contributed by atoms with Crippen molar-refractivity contribution in [2.75, 3.05) is 10.6 Å². The third kappa shape index (κ3) is 4.63. The summed E-state index contributed by atoms with van der Waals surface area (Å²) in [6, 6.07) is 8.42. The molecule has 3 aromatic rings. The van der Waals surface area contributed by atoms with E-state index in [0.29, 0.717) is 17.3 Å². The lowest BCUT2D eigenvalue weighted by Crippen LogP contribution is -2.08. The largest absolute Gasteiger partial charge is 0.416 e. The fraction of sp³-hybridized carbons (Fsp3) is 0.125. The Morgan fingerprint density at radius 3 is 2.40 bits per heavy atom. The summed E-state index contributed by atoms with van der Waals surface area (Å²) in [6.45, 7) is 0.197. The van der Waals surface area contributed by atoms with Gasteiger partial charge in [0.1, 0.15) is 5.82 Å². The summed E-state index contributed by atoms with van der Waals surface area (Å²) in [5.74, 6) is 1.09. The van der Waals surface area contributed by atoms with Gasteiger partial charge in [-0.25, -0.2) is 15.0 Å². The molecule has 0 saturated heterocycles. The summed E-state index contributed by atoms with van der Waals surface area (Å²) in [4.78, 5) is 16.3. The van der Waals surface area contributed by atoms with Crippen LogP contribution in [-0.2, 0) is 12.7 Å². The van der Waals surface area contributed by atoms with Gasteiger partial charge in [0, 0.05) is 25.1 Å². The van der Waals surface area contributed by atoms with E-state index in [4.69, 9.17) is 0 Å². The lowest BCUT2D eigenvalue weighted by molar-refractivity contribution is -0.137. The number of halogens is 3. The van der Waals surface area contributed by atoms with E-state index in [0.717, 1.165) is 12.1 Å². The number of anilines is 3. The van der Waals surface area contributed by atoms with Gasteiger partial charge in [-0.15, -0.1) is 0 Å². The highest BCUT2D eigenvalue weighted by molar-refractivity contribution is 5.46. The van der Waals surface area contributed by atoms with Crippen molar-refractivity contribution in [3.05, 3.63) is 66.1 Å². The molecule has 0 radical (unpaired) electrons. The average Bonchev–Trinajstić information content (AvgIpc) is 2.61. The van der Waals surface area contributed by atoms with Gasteiger partial charge in [0.05, 0.1) is 5.56 Å². The molecule has 0 spiro atoms. The number of aromatic nitrogens is 4. The normalized spacial score (nSPS) is 11.2. The standard InChI is InChI=1S/C16H13F3N6/c17-16(18,19)12-4-1-3-11(9-12)10-23-13-5-8-22-15(24-13)25-14-20-6-2-7-21-14/h1-9H,10H2,(H2,20,21,22,23,24,25). The molecule has 0 saturated carbocycles. The minimum absolute atomic E-state index is 0.197. The van der Waals surface area contributed by atoms with Crippen LogP contribution < -0.4 is 10.6 Å². The Balaban J connectivity index is 1.67. The molecule has 0 unspecified atom stereocenters. The average molecular weight is 346 g/mol. The highest BCUT2D eigenvalue weighted by atomic mass is 19.4. The van der Waals surface area contributed by atoms with Crippen molar-refractivity contribution in [3.63, 3.8) is 0 Å². The maximum atomic E-state index is 12.7. The molecule has 128 valence electrons. The Hall–Kier alpha value is -3.23. The van der Waals surface area contributed by atoms with Gasteiger partial charge < -0.3 is 5.32 Å². The second kappa shape index (κ2) is 7.12. The molecule has 0 fully saturated rings. The first-order valence-corrected chi connectivity index (χ1v) is 7.28. The fourth-order valence-corrected chi connectivity index (χ4v) is 2.03. The maximum Gasteiger partial charge on any atom is 0.416 e. The van der Waals surface area contributed by atoms with Crippen LogP contribution in [0.15, 0.2) is 55.0 Å². The molecule has 9 heteroatoms. The predicted molar refractivity (Wildman–Crippen MR) is 86.1 cm³/mol. The van der Waals surface area contributed by atoms with Crippen LogP contribution in [0.5, 0.6) is 0 Å². The van der Waals surface area contributed by atoms with E-state index in [2.05, 4.69) is 30.6 Å². The number of nitrogens with zero attached hydrogens (tertiary/aromatic N) is 4. The summed E-state index contributed by atoms with van der Waals surface area (Å²) < 4.78 is 38.2. The highest BCUT2D eigenvalue weighted by Crippen LogP contribution is 2.29. The van der Waals surface area contributed by atoms with Gasteiger partial charge in [0.25, 0.3) is 0 Å². The molecule has 2 aromatic heterocycles. The molecule has 1 aromatic carbocycles. The van der Waals surface area contributed by atoms with Crippen LogP contribution in [-0.4, -0.2) is 19.9 Å². The molecule has 2 N–H and O–H groups in total. The van der Waals surface area contributed by atoms with Crippen LogP contribution in [0.4, 0.5) is 30.9 Å². The number of rotatable bonds is 5. The third-order valence-electron chi connectivity index (χ3n) is 3.17. The van der Waals surface area contributed by atoms with Crippen LogP contribution in [0.25, 0.3) is 0 Å². The van der Waals surface area contributed by atoms with E-state index in [9.17, 15) is 13.2 Å². The summed E-state index contributed by atoms with van der Waals surface area (Å²) in [7, 11) is 0. The van der Waals surface area contributed by atoms with Gasteiger partial charge in [0.15, 0.2) is 0 Å². The Labute approximate surface area is 141 Å². The Morgan fingerprint density at radius 1 is 0.880 bits per heavy atom. The van der Waals surface area contributed by atoms with Crippen molar-refractivity contribution < 1.29 is 13.2 Å². The summed E-state index contributed by atoms with van der Waals surface area (Å²) in [5, 5.41) is 5.80. The summed E-state index contributed by atoms with van der Waals surface area (Å²) >= 11 is 0. The van der Waals surface area contributed by atoms with Gasteiger partial charge in [-0.3, -0.25) is 5.32 Å². The van der Waals surface area contributed by atoms with E-state index in [1.54, 1.807) is 30.6 Å². The number of nitrogens with one attached hydrogen (secondary N) is 2. The predicted octanol–water partition coefficient (Wildman–Crippen LogP) is 3.64. The molecule has 0 amide bonds. The minimum atomic E-state index is -4.36. The first-order chi connectivity index (χ1) is 12.0. The van der Waals surface area contributed by atoms with E-state index in [-0.39, 0.29) is 12.5 Å². The van der Waals surface area contributed by atoms with Crippen molar-refractivity contribution in [1.82, 2.24) is 19.9 Å². The molecule has 3 rings (SSSR count). The molecule has 0 atom stereocenters. The third-order valence-corrected chi connectivity index (χ3v) is 3.17. The van der Waals surface area contributed by atoms with Crippen LogP contribution >= 0.6 is 0 Å². The lowest BCUT2D eigenvalue weighted by Gasteiger charge is -2.10. The van der Waals surface area contributed by atoms with Gasteiger partial charge in [0.2, 0.25) is 11.9 Å². The van der Waals surface area contributed by atoms with Crippen LogP contribution in [0, 0.1) is 0 Å². The number of hydrogen-bond acceptors (Lipinski definition) is 6. The molecule has 0 bridgehead atoms. The van der Waals surface area contributed by atoms with Gasteiger partial charge >= 0.3 is 6.18 Å². The SMILES string of the molecule is FC(F)(F)c1cccc(CNc2ccnc(Nc3ncccn3)n2)c1. The lowest BCUT2D eigenvalue weighted by atomic mass is 10.1. The molecule has 0 aliphatic heterocycles. The zero-order valence-corrected chi connectivity index (χ0v) is 12.8. The highest BCUT2D eigenvalue weighted by Gasteiger charge is 2.30. The molecule has 0 aliphatic rings. The van der Waals surface area contributed by atoms with Gasteiger partial charge in [-0.2, -0.15) is 18.2 Å². The van der Waals surface area contributed by atoms with Crippen LogP contribution in [0.3, 0.4) is 0 Å². The molecule has 6 nitrogen and oxygen atoms in total. The maximum absolute atomic E-state index is 12.7. The zero-order chi connectivity index (χ0) is 17.7. The molecular weight excluding hydrogens is 333 g/mol. The van der Waals surface area contributed by atoms with Crippen LogP contribution in [0.1, 0.15) is 11.1 Å². The number of alkyl halides is 3. The van der Waals surface area contributed by atoms with Crippen molar-refractivity contribution in [3.8, 4) is 0 Å². The monoisotopic (exact) mass is 346 g/mol. The van der Waals surface area contributed by atoms with E-state index >= 15 is 0 Å². The van der Waals surface area contributed by atoms with E-state index in [1.807, 2.05) is 0 Å². The Morgan fingerprint density at radius 2 is 1.64 bits per heavy atom. The Bertz CT molecular complexity index is 839. The van der Waals surface area contributed by atoms with Crippen molar-refractivity contribution in [1.29, 1.82) is 0 Å². The summed E-state index contributed by atoms with van der Waals surface area (Å²) in [5.41, 5.74) is -0.188. The fourth-order valence-electron chi connectivity index (χ4n) is 2.03. The second-order valence-electron chi connectivity index (χ2n) is 5.01. The smallest absolute Gasteiger partial charge is 0.366 e. The first-order valence-electron chi connectivity index (χ1n) is 7.28.